The summed E-state index contributed by atoms with van der Waals surface area (Å²) in [6, 6.07) is 1.95. The van der Waals surface area contributed by atoms with E-state index in [0.29, 0.717) is 5.56 Å². The Morgan fingerprint density at radius 2 is 2.15 bits per heavy atom. The highest BCUT2D eigenvalue weighted by Crippen LogP contribution is 2.17. The van der Waals surface area contributed by atoms with E-state index in [9.17, 15) is 9.59 Å². The highest BCUT2D eigenvalue weighted by molar-refractivity contribution is 7.11. The standard InChI is InChI=1S/C14H18N2O3S/c1-16-6-4-11(5-7-16)15-14(19)10-8-12(20-9-10)2-3-13(17)18/h2-3,8-9,11H,4-7H2,1H3,(H,15,19)(H,17,18). The Morgan fingerprint density at radius 3 is 2.80 bits per heavy atom. The fraction of sp³-hybridized carbons (Fsp3) is 0.429. The van der Waals surface area contributed by atoms with Crippen molar-refractivity contribution in [1.82, 2.24) is 10.2 Å². The largest absolute Gasteiger partial charge is 0.478 e. The van der Waals surface area contributed by atoms with Gasteiger partial charge in [-0.2, -0.15) is 0 Å². The number of hydrogen-bond donors (Lipinski definition) is 2. The molecule has 6 heteroatoms. The van der Waals surface area contributed by atoms with Crippen molar-refractivity contribution in [2.45, 2.75) is 18.9 Å². The van der Waals surface area contributed by atoms with Crippen molar-refractivity contribution < 1.29 is 14.7 Å². The number of rotatable bonds is 4. The first-order valence-corrected chi connectivity index (χ1v) is 7.41. The molecule has 1 aliphatic heterocycles. The maximum absolute atomic E-state index is 12.1. The van der Waals surface area contributed by atoms with E-state index in [4.69, 9.17) is 5.11 Å². The van der Waals surface area contributed by atoms with Crippen LogP contribution in [0.4, 0.5) is 0 Å². The molecule has 1 aromatic rings. The Morgan fingerprint density at radius 1 is 1.45 bits per heavy atom. The van der Waals surface area contributed by atoms with Gasteiger partial charge in [0.1, 0.15) is 0 Å². The molecular formula is C14H18N2O3S. The average molecular weight is 294 g/mol. The normalized spacial score (nSPS) is 17.4. The molecule has 1 saturated heterocycles. The van der Waals surface area contributed by atoms with Crippen molar-refractivity contribution in [2.75, 3.05) is 20.1 Å². The van der Waals surface area contributed by atoms with Crippen LogP contribution in [-0.2, 0) is 4.79 Å². The minimum Gasteiger partial charge on any atom is -0.478 e. The lowest BCUT2D eigenvalue weighted by atomic mass is 10.1. The van der Waals surface area contributed by atoms with Crippen LogP contribution in [0.15, 0.2) is 17.5 Å². The smallest absolute Gasteiger partial charge is 0.328 e. The average Bonchev–Trinajstić information content (AvgIpc) is 2.88. The van der Waals surface area contributed by atoms with Gasteiger partial charge in [-0.15, -0.1) is 11.3 Å². The molecule has 0 saturated carbocycles. The molecule has 2 N–H and O–H groups in total. The van der Waals surface area contributed by atoms with Gasteiger partial charge in [-0.3, -0.25) is 4.79 Å². The summed E-state index contributed by atoms with van der Waals surface area (Å²) in [5, 5.41) is 13.4. The fourth-order valence-corrected chi connectivity index (χ4v) is 2.91. The van der Waals surface area contributed by atoms with E-state index in [1.54, 1.807) is 11.4 Å². The quantitative estimate of drug-likeness (QED) is 0.829. The SMILES string of the molecule is CN1CCC(NC(=O)c2csc(C=CC(=O)O)c2)CC1. The van der Waals surface area contributed by atoms with Gasteiger partial charge in [0.2, 0.25) is 0 Å². The fourth-order valence-electron chi connectivity index (χ4n) is 2.13. The third-order valence-corrected chi connectivity index (χ3v) is 4.22. The van der Waals surface area contributed by atoms with Crippen LogP contribution in [0.3, 0.4) is 0 Å². The van der Waals surface area contributed by atoms with Gasteiger partial charge in [-0.1, -0.05) is 0 Å². The van der Waals surface area contributed by atoms with E-state index in [2.05, 4.69) is 17.3 Å². The Kier molecular flexibility index (Phi) is 4.92. The first kappa shape index (κ1) is 14.7. The number of hydrogen-bond acceptors (Lipinski definition) is 4. The Hall–Kier alpha value is -1.66. The summed E-state index contributed by atoms with van der Waals surface area (Å²) in [4.78, 5) is 25.5. The number of thiophene rings is 1. The van der Waals surface area contributed by atoms with Crippen molar-refractivity contribution in [3.05, 3.63) is 28.0 Å². The monoisotopic (exact) mass is 294 g/mol. The first-order valence-electron chi connectivity index (χ1n) is 6.53. The summed E-state index contributed by atoms with van der Waals surface area (Å²) in [6.07, 6.45) is 4.51. The zero-order valence-electron chi connectivity index (χ0n) is 11.3. The minimum absolute atomic E-state index is 0.0780. The van der Waals surface area contributed by atoms with Gasteiger partial charge in [-0.25, -0.2) is 4.79 Å². The van der Waals surface area contributed by atoms with Crippen LogP contribution in [0.25, 0.3) is 6.08 Å². The molecule has 108 valence electrons. The molecule has 1 amide bonds. The maximum atomic E-state index is 12.1. The number of piperidine rings is 1. The highest BCUT2D eigenvalue weighted by atomic mass is 32.1. The predicted octanol–water partition coefficient (Wildman–Crippen LogP) is 1.67. The zero-order chi connectivity index (χ0) is 14.5. The number of nitrogens with one attached hydrogen (secondary N) is 1. The van der Waals surface area contributed by atoms with Crippen molar-refractivity contribution in [2.24, 2.45) is 0 Å². The van der Waals surface area contributed by atoms with Gasteiger partial charge < -0.3 is 15.3 Å². The second-order valence-corrected chi connectivity index (χ2v) is 5.90. The van der Waals surface area contributed by atoms with Crippen molar-refractivity contribution in [3.63, 3.8) is 0 Å². The van der Waals surface area contributed by atoms with E-state index >= 15 is 0 Å². The molecule has 0 radical (unpaired) electrons. The van der Waals surface area contributed by atoms with Crippen LogP contribution in [-0.4, -0.2) is 48.1 Å². The lowest BCUT2D eigenvalue weighted by Gasteiger charge is -2.29. The highest BCUT2D eigenvalue weighted by Gasteiger charge is 2.19. The summed E-state index contributed by atoms with van der Waals surface area (Å²) < 4.78 is 0. The lowest BCUT2D eigenvalue weighted by molar-refractivity contribution is -0.131. The number of carboxylic acid groups (broad SMARTS) is 1. The number of aliphatic carboxylic acids is 1. The van der Waals surface area contributed by atoms with Crippen LogP contribution < -0.4 is 5.32 Å². The zero-order valence-corrected chi connectivity index (χ0v) is 12.2. The van der Waals surface area contributed by atoms with Crippen molar-refractivity contribution in [3.8, 4) is 0 Å². The van der Waals surface area contributed by atoms with E-state index < -0.39 is 5.97 Å². The predicted molar refractivity (Wildman–Crippen MR) is 79.0 cm³/mol. The van der Waals surface area contributed by atoms with Crippen LogP contribution in [0.5, 0.6) is 0 Å². The van der Waals surface area contributed by atoms with Crippen LogP contribution in [0.1, 0.15) is 28.1 Å². The molecule has 0 aromatic carbocycles. The molecule has 0 aliphatic carbocycles. The number of carbonyl (C=O) groups excluding carboxylic acids is 1. The molecule has 2 rings (SSSR count). The minimum atomic E-state index is -0.990. The number of nitrogens with zero attached hydrogens (tertiary/aromatic N) is 1. The van der Waals surface area contributed by atoms with Crippen LogP contribution in [0, 0.1) is 0 Å². The molecule has 0 spiro atoms. The summed E-state index contributed by atoms with van der Waals surface area (Å²) in [7, 11) is 2.08. The first-order chi connectivity index (χ1) is 9.54. The summed E-state index contributed by atoms with van der Waals surface area (Å²) >= 11 is 1.36. The van der Waals surface area contributed by atoms with Gasteiger partial charge in [0, 0.05) is 22.4 Å². The van der Waals surface area contributed by atoms with Crippen LogP contribution >= 0.6 is 11.3 Å². The number of carbonyl (C=O) groups is 2. The maximum Gasteiger partial charge on any atom is 0.328 e. The molecule has 2 heterocycles. The third kappa shape index (κ3) is 4.18. The summed E-state index contributed by atoms with van der Waals surface area (Å²) in [5.74, 6) is -1.07. The molecule has 0 unspecified atom stereocenters. The second kappa shape index (κ2) is 6.67. The molecule has 1 aromatic heterocycles. The van der Waals surface area contributed by atoms with Gasteiger partial charge >= 0.3 is 5.97 Å². The molecular weight excluding hydrogens is 276 g/mol. The summed E-state index contributed by atoms with van der Waals surface area (Å²) in [5.41, 5.74) is 0.596. The molecule has 1 fully saturated rings. The van der Waals surface area contributed by atoms with Gasteiger partial charge in [-0.05, 0) is 45.1 Å². The molecule has 1 aliphatic rings. The van der Waals surface area contributed by atoms with Crippen LogP contribution in [0.2, 0.25) is 0 Å². The molecule has 0 bridgehead atoms. The Bertz CT molecular complexity index is 516. The topological polar surface area (TPSA) is 69.6 Å². The lowest BCUT2D eigenvalue weighted by Crippen LogP contribution is -2.43. The second-order valence-electron chi connectivity index (χ2n) is 4.96. The van der Waals surface area contributed by atoms with Crippen molar-refractivity contribution in [1.29, 1.82) is 0 Å². The van der Waals surface area contributed by atoms with Gasteiger partial charge in [0.25, 0.3) is 5.91 Å². The number of carboxylic acids is 1. The summed E-state index contributed by atoms with van der Waals surface area (Å²) in [6.45, 7) is 2.00. The van der Waals surface area contributed by atoms with E-state index in [-0.39, 0.29) is 11.9 Å². The molecule has 0 atom stereocenters. The van der Waals surface area contributed by atoms with E-state index in [1.807, 2.05) is 0 Å². The molecule has 5 nitrogen and oxygen atoms in total. The van der Waals surface area contributed by atoms with E-state index in [0.717, 1.165) is 36.9 Å². The van der Waals surface area contributed by atoms with Gasteiger partial charge in [0.05, 0.1) is 5.56 Å². The third-order valence-electron chi connectivity index (χ3n) is 3.33. The van der Waals surface area contributed by atoms with Crippen molar-refractivity contribution >= 4 is 29.3 Å². The van der Waals surface area contributed by atoms with E-state index in [1.165, 1.54) is 17.4 Å². The Balaban J connectivity index is 1.91. The molecule has 20 heavy (non-hydrogen) atoms. The van der Waals surface area contributed by atoms with Gasteiger partial charge in [0.15, 0.2) is 0 Å². The number of amides is 1. The number of likely N-dealkylation sites (tertiary alicyclic amines) is 1. The Labute approximate surface area is 121 Å².